The Bertz CT molecular complexity index is 601. The minimum absolute atomic E-state index is 0.0414. The number of rotatable bonds is 2. The molecule has 0 aromatic carbocycles. The molecule has 0 radical (unpaired) electrons. The van der Waals surface area contributed by atoms with Crippen LogP contribution in [0.5, 0.6) is 0 Å². The van der Waals surface area contributed by atoms with Gasteiger partial charge in [-0.1, -0.05) is 6.07 Å². The standard InChI is InChI=1S/C13H12N4O/c18-13-7-6-11(15-16-13)10-4-3-5-12(14-10)17-8-1-2-9-17/h1-5,8-9H,6-7H2,(H,16,18). The van der Waals surface area contributed by atoms with Crippen molar-refractivity contribution in [2.75, 3.05) is 0 Å². The van der Waals surface area contributed by atoms with Gasteiger partial charge in [0.25, 0.3) is 0 Å². The fraction of sp³-hybridized carbons (Fsp3) is 0.154. The second-order valence-electron chi connectivity index (χ2n) is 4.06. The Morgan fingerprint density at radius 2 is 1.94 bits per heavy atom. The fourth-order valence-corrected chi connectivity index (χ4v) is 1.87. The molecule has 0 bridgehead atoms. The quantitative estimate of drug-likeness (QED) is 0.864. The lowest BCUT2D eigenvalue weighted by Gasteiger charge is -2.12. The van der Waals surface area contributed by atoms with E-state index in [4.69, 9.17) is 0 Å². The smallest absolute Gasteiger partial charge is 0.240 e. The summed E-state index contributed by atoms with van der Waals surface area (Å²) in [7, 11) is 0. The fourth-order valence-electron chi connectivity index (χ4n) is 1.87. The topological polar surface area (TPSA) is 59.3 Å². The molecule has 5 nitrogen and oxygen atoms in total. The molecule has 1 amide bonds. The molecule has 0 fully saturated rings. The van der Waals surface area contributed by atoms with Crippen LogP contribution in [0.15, 0.2) is 47.8 Å². The molecule has 0 saturated heterocycles. The first-order valence-corrected chi connectivity index (χ1v) is 5.79. The second-order valence-corrected chi connectivity index (χ2v) is 4.06. The zero-order chi connectivity index (χ0) is 12.4. The van der Waals surface area contributed by atoms with Crippen LogP contribution in [0.25, 0.3) is 5.82 Å². The molecular weight excluding hydrogens is 228 g/mol. The van der Waals surface area contributed by atoms with Crippen LogP contribution in [-0.2, 0) is 4.79 Å². The van der Waals surface area contributed by atoms with Crippen LogP contribution in [0.4, 0.5) is 0 Å². The van der Waals surface area contributed by atoms with Crippen LogP contribution in [0.3, 0.4) is 0 Å². The Balaban J connectivity index is 1.94. The van der Waals surface area contributed by atoms with Crippen LogP contribution in [0, 0.1) is 0 Å². The molecule has 1 aliphatic heterocycles. The van der Waals surface area contributed by atoms with E-state index >= 15 is 0 Å². The molecule has 2 aromatic heterocycles. The maximum absolute atomic E-state index is 11.1. The van der Waals surface area contributed by atoms with Crippen molar-refractivity contribution in [3.8, 4) is 5.82 Å². The lowest BCUT2D eigenvalue weighted by atomic mass is 10.1. The number of nitrogens with one attached hydrogen (secondary N) is 1. The third kappa shape index (κ3) is 2.02. The Morgan fingerprint density at radius 3 is 2.67 bits per heavy atom. The monoisotopic (exact) mass is 240 g/mol. The number of amides is 1. The van der Waals surface area contributed by atoms with Gasteiger partial charge in [-0.15, -0.1) is 0 Å². The van der Waals surface area contributed by atoms with E-state index in [1.165, 1.54) is 0 Å². The van der Waals surface area contributed by atoms with Crippen LogP contribution < -0.4 is 5.43 Å². The summed E-state index contributed by atoms with van der Waals surface area (Å²) < 4.78 is 1.94. The Kier molecular flexibility index (Phi) is 2.64. The number of aromatic nitrogens is 2. The number of nitrogens with zero attached hydrogens (tertiary/aromatic N) is 3. The summed E-state index contributed by atoms with van der Waals surface area (Å²) in [6.45, 7) is 0. The minimum atomic E-state index is -0.0414. The third-order valence-corrected chi connectivity index (χ3v) is 2.80. The summed E-state index contributed by atoms with van der Waals surface area (Å²) in [5.41, 5.74) is 4.12. The van der Waals surface area contributed by atoms with Gasteiger partial charge in [0.1, 0.15) is 5.82 Å². The van der Waals surface area contributed by atoms with Gasteiger partial charge >= 0.3 is 0 Å². The van der Waals surface area contributed by atoms with Gasteiger partial charge in [0.05, 0.1) is 11.4 Å². The van der Waals surface area contributed by atoms with Crippen LogP contribution in [0.1, 0.15) is 18.5 Å². The predicted octanol–water partition coefficient (Wildman–Crippen LogP) is 1.49. The van der Waals surface area contributed by atoms with E-state index in [9.17, 15) is 4.79 Å². The second kappa shape index (κ2) is 4.44. The summed E-state index contributed by atoms with van der Waals surface area (Å²) >= 11 is 0. The van der Waals surface area contributed by atoms with Gasteiger partial charge < -0.3 is 4.57 Å². The normalized spacial score (nSPS) is 15.1. The number of carbonyl (C=O) groups excluding carboxylic acids is 1. The molecule has 1 aliphatic rings. The van der Waals surface area contributed by atoms with Crippen molar-refractivity contribution in [1.82, 2.24) is 15.0 Å². The SMILES string of the molecule is O=C1CCC(c2cccc(-n3cccc3)n2)=NN1. The van der Waals surface area contributed by atoms with Crippen molar-refractivity contribution >= 4 is 11.6 Å². The first-order chi connectivity index (χ1) is 8.83. The van der Waals surface area contributed by atoms with Crippen molar-refractivity contribution < 1.29 is 4.79 Å². The minimum Gasteiger partial charge on any atom is -0.309 e. The van der Waals surface area contributed by atoms with Crippen molar-refractivity contribution in [3.05, 3.63) is 48.4 Å². The molecule has 0 unspecified atom stereocenters. The Hall–Kier alpha value is -2.43. The Labute approximate surface area is 104 Å². The summed E-state index contributed by atoms with van der Waals surface area (Å²) in [6, 6.07) is 9.69. The van der Waals surface area contributed by atoms with Crippen molar-refractivity contribution in [2.24, 2.45) is 5.10 Å². The summed E-state index contributed by atoms with van der Waals surface area (Å²) in [5.74, 6) is 0.803. The van der Waals surface area contributed by atoms with E-state index in [1.54, 1.807) is 0 Å². The molecule has 1 N–H and O–H groups in total. The lowest BCUT2D eigenvalue weighted by molar-refractivity contribution is -0.121. The van der Waals surface area contributed by atoms with Gasteiger partial charge in [-0.2, -0.15) is 5.10 Å². The van der Waals surface area contributed by atoms with E-state index in [0.29, 0.717) is 12.8 Å². The molecular formula is C13H12N4O. The molecule has 0 spiro atoms. The number of carbonyl (C=O) groups is 1. The molecule has 2 aromatic rings. The molecule has 18 heavy (non-hydrogen) atoms. The molecule has 0 atom stereocenters. The average Bonchev–Trinajstić information content (AvgIpc) is 2.94. The van der Waals surface area contributed by atoms with Gasteiger partial charge in [-0.25, -0.2) is 10.4 Å². The Morgan fingerprint density at radius 1 is 1.11 bits per heavy atom. The maximum atomic E-state index is 11.1. The van der Waals surface area contributed by atoms with Crippen molar-refractivity contribution in [2.45, 2.75) is 12.8 Å². The van der Waals surface area contributed by atoms with Crippen LogP contribution in [-0.4, -0.2) is 21.2 Å². The van der Waals surface area contributed by atoms with Gasteiger partial charge in [0.15, 0.2) is 0 Å². The molecule has 3 rings (SSSR count). The van der Waals surface area contributed by atoms with Gasteiger partial charge in [-0.05, 0) is 24.3 Å². The molecule has 90 valence electrons. The number of hydrogen-bond donors (Lipinski definition) is 1. The number of hydrogen-bond acceptors (Lipinski definition) is 3. The van der Waals surface area contributed by atoms with E-state index in [1.807, 2.05) is 47.3 Å². The van der Waals surface area contributed by atoms with E-state index < -0.39 is 0 Å². The average molecular weight is 240 g/mol. The largest absolute Gasteiger partial charge is 0.309 e. The molecule has 0 saturated carbocycles. The summed E-state index contributed by atoms with van der Waals surface area (Å²) in [5, 5.41) is 4.05. The first kappa shape index (κ1) is 10.7. The molecule has 3 heterocycles. The summed E-state index contributed by atoms with van der Waals surface area (Å²) in [6.07, 6.45) is 4.98. The highest BCUT2D eigenvalue weighted by atomic mass is 16.2. The number of hydrazone groups is 1. The first-order valence-electron chi connectivity index (χ1n) is 5.79. The van der Waals surface area contributed by atoms with Gasteiger partial charge in [0, 0.05) is 25.2 Å². The van der Waals surface area contributed by atoms with Crippen molar-refractivity contribution in [3.63, 3.8) is 0 Å². The maximum Gasteiger partial charge on any atom is 0.240 e. The van der Waals surface area contributed by atoms with Crippen molar-refractivity contribution in [1.29, 1.82) is 0 Å². The van der Waals surface area contributed by atoms with Crippen LogP contribution >= 0.6 is 0 Å². The highest BCUT2D eigenvalue weighted by Crippen LogP contribution is 2.11. The van der Waals surface area contributed by atoms with E-state index in [-0.39, 0.29) is 5.91 Å². The zero-order valence-corrected chi connectivity index (χ0v) is 9.71. The van der Waals surface area contributed by atoms with Crippen LogP contribution in [0.2, 0.25) is 0 Å². The van der Waals surface area contributed by atoms with Gasteiger partial charge in [0.2, 0.25) is 5.91 Å². The molecule has 0 aliphatic carbocycles. The highest BCUT2D eigenvalue weighted by molar-refractivity contribution is 6.02. The highest BCUT2D eigenvalue weighted by Gasteiger charge is 2.14. The lowest BCUT2D eigenvalue weighted by Crippen LogP contribution is -2.26. The number of pyridine rings is 1. The summed E-state index contributed by atoms with van der Waals surface area (Å²) in [4.78, 5) is 15.6. The predicted molar refractivity (Wildman–Crippen MR) is 67.5 cm³/mol. The van der Waals surface area contributed by atoms with Gasteiger partial charge in [-0.3, -0.25) is 4.79 Å². The third-order valence-electron chi connectivity index (χ3n) is 2.80. The van der Waals surface area contributed by atoms with E-state index in [0.717, 1.165) is 17.2 Å². The zero-order valence-electron chi connectivity index (χ0n) is 9.71. The molecule has 5 heteroatoms. The van der Waals surface area contributed by atoms with E-state index in [2.05, 4.69) is 15.5 Å².